The molecule has 0 bridgehead atoms. The first-order chi connectivity index (χ1) is 10.6. The van der Waals surface area contributed by atoms with Gasteiger partial charge in [-0.2, -0.15) is 0 Å². The van der Waals surface area contributed by atoms with E-state index in [2.05, 4.69) is 17.5 Å². The Hall–Kier alpha value is -2.30. The van der Waals surface area contributed by atoms with Crippen molar-refractivity contribution < 1.29 is 14.3 Å². The molecule has 1 aromatic carbocycles. The minimum Gasteiger partial charge on any atom is -0.449 e. The van der Waals surface area contributed by atoms with Crippen molar-refractivity contribution >= 4 is 23.4 Å². The van der Waals surface area contributed by atoms with Crippen LogP contribution in [-0.4, -0.2) is 25.7 Å². The van der Waals surface area contributed by atoms with Crippen LogP contribution in [0.15, 0.2) is 36.4 Å². The number of carbonyl (C=O) groups is 2. The lowest BCUT2D eigenvalue weighted by Crippen LogP contribution is -2.27. The number of hydrogen-bond donors (Lipinski definition) is 1. The van der Waals surface area contributed by atoms with E-state index in [1.54, 1.807) is 38.2 Å². The van der Waals surface area contributed by atoms with Gasteiger partial charge in [-0.3, -0.25) is 9.69 Å². The highest BCUT2D eigenvalue weighted by atomic mass is 16.6. The molecule has 22 heavy (non-hydrogen) atoms. The van der Waals surface area contributed by atoms with E-state index >= 15 is 0 Å². The molecular formula is C17H22N2O3. The molecule has 0 unspecified atom stereocenters. The molecular weight excluding hydrogens is 280 g/mol. The lowest BCUT2D eigenvalue weighted by atomic mass is 9.93. The Morgan fingerprint density at radius 2 is 2.00 bits per heavy atom. The molecule has 0 aromatic heterocycles. The molecule has 2 rings (SSSR count). The monoisotopic (exact) mass is 302 g/mol. The van der Waals surface area contributed by atoms with Crippen LogP contribution in [0.5, 0.6) is 0 Å². The molecule has 1 atom stereocenters. The van der Waals surface area contributed by atoms with Crippen LogP contribution in [0.2, 0.25) is 0 Å². The predicted molar refractivity (Wildman–Crippen MR) is 87.0 cm³/mol. The summed E-state index contributed by atoms with van der Waals surface area (Å²) in [4.78, 5) is 25.2. The summed E-state index contributed by atoms with van der Waals surface area (Å²) in [7, 11) is 1.65. The fourth-order valence-electron chi connectivity index (χ4n) is 2.37. The second kappa shape index (κ2) is 7.64. The minimum atomic E-state index is -0.395. The first-order valence-corrected chi connectivity index (χ1v) is 7.58. The van der Waals surface area contributed by atoms with Crippen LogP contribution < -0.4 is 10.2 Å². The normalized spacial score (nSPS) is 16.9. The Bertz CT molecular complexity index is 552. The van der Waals surface area contributed by atoms with Crippen LogP contribution in [0, 0.1) is 5.92 Å². The summed E-state index contributed by atoms with van der Waals surface area (Å²) < 4.78 is 4.94. The maximum absolute atomic E-state index is 12.2. The number of nitrogens with zero attached hydrogens (tertiary/aromatic N) is 1. The summed E-state index contributed by atoms with van der Waals surface area (Å²) >= 11 is 0. The Balaban J connectivity index is 1.95. The number of carbonyl (C=O) groups excluding carboxylic acids is 2. The number of nitrogens with one attached hydrogen (secondary N) is 1. The lowest BCUT2D eigenvalue weighted by Gasteiger charge is -2.19. The van der Waals surface area contributed by atoms with E-state index in [9.17, 15) is 9.59 Å². The van der Waals surface area contributed by atoms with Crippen molar-refractivity contribution in [2.45, 2.75) is 26.2 Å². The number of hydrogen-bond acceptors (Lipinski definition) is 3. The Morgan fingerprint density at radius 1 is 1.27 bits per heavy atom. The largest absolute Gasteiger partial charge is 0.449 e. The Labute approximate surface area is 130 Å². The third-order valence-electron chi connectivity index (χ3n) is 3.70. The zero-order valence-electron chi connectivity index (χ0n) is 13.0. The van der Waals surface area contributed by atoms with Gasteiger partial charge in [-0.25, -0.2) is 4.79 Å². The average Bonchev–Trinajstić information content (AvgIpc) is 2.56. The quantitative estimate of drug-likeness (QED) is 0.865. The highest BCUT2D eigenvalue weighted by Crippen LogP contribution is 2.22. The van der Waals surface area contributed by atoms with Crippen molar-refractivity contribution in [3.05, 3.63) is 36.4 Å². The average molecular weight is 302 g/mol. The fourth-order valence-corrected chi connectivity index (χ4v) is 2.37. The summed E-state index contributed by atoms with van der Waals surface area (Å²) in [5, 5.41) is 2.92. The molecule has 0 radical (unpaired) electrons. The molecule has 1 aliphatic rings. The number of anilines is 2. The SMILES string of the molecule is CCOC(=O)N(C)c1ccc(NC(=O)[C@H]2CC=CCC2)cc1. The van der Waals surface area contributed by atoms with E-state index in [0.717, 1.165) is 30.6 Å². The molecule has 0 heterocycles. The highest BCUT2D eigenvalue weighted by Gasteiger charge is 2.18. The van der Waals surface area contributed by atoms with E-state index in [4.69, 9.17) is 4.74 Å². The van der Waals surface area contributed by atoms with Gasteiger partial charge in [0.05, 0.1) is 6.61 Å². The molecule has 118 valence electrons. The molecule has 5 heteroatoms. The maximum atomic E-state index is 12.2. The van der Waals surface area contributed by atoms with E-state index < -0.39 is 6.09 Å². The number of amides is 2. The van der Waals surface area contributed by atoms with Crippen LogP contribution in [0.4, 0.5) is 16.2 Å². The van der Waals surface area contributed by atoms with Crippen molar-refractivity contribution in [2.24, 2.45) is 5.92 Å². The third-order valence-corrected chi connectivity index (χ3v) is 3.70. The van der Waals surface area contributed by atoms with E-state index in [0.29, 0.717) is 6.61 Å². The molecule has 0 spiro atoms. The van der Waals surface area contributed by atoms with Gasteiger partial charge in [-0.05, 0) is 50.5 Å². The van der Waals surface area contributed by atoms with Crippen LogP contribution >= 0.6 is 0 Å². The zero-order chi connectivity index (χ0) is 15.9. The predicted octanol–water partition coefficient (Wildman–Crippen LogP) is 3.57. The standard InChI is InChI=1S/C17H22N2O3/c1-3-22-17(21)19(2)15-11-9-14(10-12-15)18-16(20)13-7-5-4-6-8-13/h4-5,9-13H,3,6-8H2,1-2H3,(H,18,20)/t13-/m0/s1. The summed E-state index contributed by atoms with van der Waals surface area (Å²) in [6.07, 6.45) is 6.44. The fraction of sp³-hybridized carbons (Fsp3) is 0.412. The summed E-state index contributed by atoms with van der Waals surface area (Å²) in [6.45, 7) is 2.11. The third kappa shape index (κ3) is 4.10. The van der Waals surface area contributed by atoms with Crippen molar-refractivity contribution in [1.82, 2.24) is 0 Å². The van der Waals surface area contributed by atoms with Crippen LogP contribution in [0.25, 0.3) is 0 Å². The van der Waals surface area contributed by atoms with Crippen molar-refractivity contribution in [3.63, 3.8) is 0 Å². The molecule has 0 aliphatic heterocycles. The topological polar surface area (TPSA) is 58.6 Å². The van der Waals surface area contributed by atoms with Gasteiger partial charge in [-0.1, -0.05) is 12.2 Å². The van der Waals surface area contributed by atoms with Gasteiger partial charge in [0.1, 0.15) is 0 Å². The molecule has 0 saturated heterocycles. The zero-order valence-corrected chi connectivity index (χ0v) is 13.0. The van der Waals surface area contributed by atoms with E-state index in [-0.39, 0.29) is 11.8 Å². The highest BCUT2D eigenvalue weighted by molar-refractivity contribution is 5.93. The van der Waals surface area contributed by atoms with E-state index in [1.807, 2.05) is 0 Å². The van der Waals surface area contributed by atoms with Gasteiger partial charge in [-0.15, -0.1) is 0 Å². The van der Waals surface area contributed by atoms with Crippen LogP contribution in [0.3, 0.4) is 0 Å². The van der Waals surface area contributed by atoms with Gasteiger partial charge in [0, 0.05) is 24.3 Å². The van der Waals surface area contributed by atoms with Gasteiger partial charge in [0.15, 0.2) is 0 Å². The molecule has 1 aromatic rings. The Kier molecular flexibility index (Phi) is 5.58. The van der Waals surface area contributed by atoms with Gasteiger partial charge < -0.3 is 10.1 Å². The first-order valence-electron chi connectivity index (χ1n) is 7.58. The number of ether oxygens (including phenoxy) is 1. The number of benzene rings is 1. The number of rotatable bonds is 4. The molecule has 1 N–H and O–H groups in total. The van der Waals surface area contributed by atoms with Crippen LogP contribution in [-0.2, 0) is 9.53 Å². The summed E-state index contributed by atoms with van der Waals surface area (Å²) in [5.74, 6) is 0.0997. The first kappa shape index (κ1) is 16.1. The van der Waals surface area contributed by atoms with Gasteiger partial charge >= 0.3 is 6.09 Å². The second-order valence-corrected chi connectivity index (χ2v) is 5.28. The molecule has 1 aliphatic carbocycles. The Morgan fingerprint density at radius 3 is 2.59 bits per heavy atom. The summed E-state index contributed by atoms with van der Waals surface area (Å²) in [5.41, 5.74) is 1.46. The number of allylic oxidation sites excluding steroid dienone is 2. The van der Waals surface area contributed by atoms with Crippen molar-refractivity contribution in [2.75, 3.05) is 23.9 Å². The van der Waals surface area contributed by atoms with Gasteiger partial charge in [0.2, 0.25) is 5.91 Å². The molecule has 2 amide bonds. The molecule has 5 nitrogen and oxygen atoms in total. The van der Waals surface area contributed by atoms with Crippen molar-refractivity contribution in [3.8, 4) is 0 Å². The van der Waals surface area contributed by atoms with Crippen LogP contribution in [0.1, 0.15) is 26.2 Å². The lowest BCUT2D eigenvalue weighted by molar-refractivity contribution is -0.120. The maximum Gasteiger partial charge on any atom is 0.413 e. The molecule has 0 saturated carbocycles. The van der Waals surface area contributed by atoms with Crippen molar-refractivity contribution in [1.29, 1.82) is 0 Å². The van der Waals surface area contributed by atoms with E-state index in [1.165, 1.54) is 4.90 Å². The minimum absolute atomic E-state index is 0.0480. The van der Waals surface area contributed by atoms with Gasteiger partial charge in [0.25, 0.3) is 0 Å². The molecule has 0 fully saturated rings. The smallest absolute Gasteiger partial charge is 0.413 e. The summed E-state index contributed by atoms with van der Waals surface area (Å²) in [6, 6.07) is 7.16. The second-order valence-electron chi connectivity index (χ2n) is 5.28.